The van der Waals surface area contributed by atoms with Gasteiger partial charge in [-0.05, 0) is 43.2 Å². The van der Waals surface area contributed by atoms with Gasteiger partial charge >= 0.3 is 12.1 Å². The lowest BCUT2D eigenvalue weighted by molar-refractivity contribution is -0.000952. The zero-order valence-electron chi connectivity index (χ0n) is 23.5. The van der Waals surface area contributed by atoms with Crippen LogP contribution in [-0.4, -0.2) is 59.1 Å². The molecular weight excluding hydrogens is 549 g/mol. The Balaban J connectivity index is 1.17. The summed E-state index contributed by atoms with van der Waals surface area (Å²) < 4.78 is 55.3. The molecule has 2 aromatic carbocycles. The van der Waals surface area contributed by atoms with Crippen molar-refractivity contribution in [2.75, 3.05) is 31.6 Å². The lowest BCUT2D eigenvalue weighted by Crippen LogP contribution is -2.46. The van der Waals surface area contributed by atoms with Crippen LogP contribution in [-0.2, 0) is 16.0 Å². The minimum atomic E-state index is -1.23. The smallest absolute Gasteiger partial charge is 0.415 e. The quantitative estimate of drug-likeness (QED) is 0.253. The number of aromatic nitrogens is 2. The van der Waals surface area contributed by atoms with Gasteiger partial charge in [-0.2, -0.15) is 5.10 Å². The summed E-state index contributed by atoms with van der Waals surface area (Å²) in [6, 6.07) is 8.27. The molecule has 42 heavy (non-hydrogen) atoms. The normalized spacial score (nSPS) is 19.3. The SMILES string of the molecule is COC(=O)c1ccc(N2CC3(CCN(Cc4cn(C5CCCCC5)nc4-c4cc(F)c(F)cc4F)CC3)OC2=O)cc1. The van der Waals surface area contributed by atoms with E-state index < -0.39 is 35.1 Å². The van der Waals surface area contributed by atoms with Gasteiger partial charge in [0.2, 0.25) is 0 Å². The Morgan fingerprint density at radius 1 is 1.02 bits per heavy atom. The van der Waals surface area contributed by atoms with Gasteiger partial charge in [-0.15, -0.1) is 0 Å². The highest BCUT2D eigenvalue weighted by atomic mass is 19.2. The van der Waals surface area contributed by atoms with Gasteiger partial charge < -0.3 is 9.47 Å². The molecule has 2 saturated heterocycles. The number of carbonyl (C=O) groups is 2. The van der Waals surface area contributed by atoms with Gasteiger partial charge in [-0.25, -0.2) is 22.8 Å². The second kappa shape index (κ2) is 11.4. The van der Waals surface area contributed by atoms with Crippen LogP contribution in [0.3, 0.4) is 0 Å². The molecule has 0 atom stereocenters. The van der Waals surface area contributed by atoms with E-state index in [-0.39, 0.29) is 11.6 Å². The lowest BCUT2D eigenvalue weighted by atomic mass is 9.91. The molecule has 1 amide bonds. The van der Waals surface area contributed by atoms with Gasteiger partial charge in [0.15, 0.2) is 11.6 Å². The number of hydrogen-bond donors (Lipinski definition) is 0. The Kier molecular flexibility index (Phi) is 7.69. The number of likely N-dealkylation sites (tertiary alicyclic amines) is 1. The zero-order chi connectivity index (χ0) is 29.4. The van der Waals surface area contributed by atoms with Crippen LogP contribution >= 0.6 is 0 Å². The molecule has 3 heterocycles. The molecule has 1 saturated carbocycles. The summed E-state index contributed by atoms with van der Waals surface area (Å²) in [6.45, 7) is 2.08. The second-order valence-electron chi connectivity index (χ2n) is 11.5. The number of halogens is 3. The number of esters is 1. The number of amides is 1. The molecule has 3 aliphatic rings. The molecule has 3 aromatic rings. The van der Waals surface area contributed by atoms with E-state index in [1.807, 2.05) is 10.9 Å². The highest BCUT2D eigenvalue weighted by molar-refractivity contribution is 5.93. The third-order valence-corrected chi connectivity index (χ3v) is 8.75. The molecule has 11 heteroatoms. The van der Waals surface area contributed by atoms with Crippen LogP contribution < -0.4 is 4.90 Å². The third kappa shape index (κ3) is 5.49. The standard InChI is InChI=1S/C31H33F3N4O4/c1-41-29(39)20-7-9-22(10-8-20)37-19-31(42-30(37)40)11-13-36(14-12-31)17-21-18-38(23-5-3-2-4-6-23)35-28(21)24-15-26(33)27(34)16-25(24)32/h7-10,15-16,18,23H,2-6,11-14,17,19H2,1H3. The number of anilines is 1. The number of hydrogen-bond acceptors (Lipinski definition) is 6. The van der Waals surface area contributed by atoms with E-state index >= 15 is 0 Å². The molecule has 0 bridgehead atoms. The molecule has 6 rings (SSSR count). The van der Waals surface area contributed by atoms with E-state index in [9.17, 15) is 22.8 Å². The Bertz CT molecular complexity index is 1480. The van der Waals surface area contributed by atoms with Crippen LogP contribution in [0.5, 0.6) is 0 Å². The Hall–Kier alpha value is -3.86. The zero-order valence-corrected chi connectivity index (χ0v) is 23.5. The second-order valence-corrected chi connectivity index (χ2v) is 11.5. The van der Waals surface area contributed by atoms with Crippen molar-refractivity contribution in [3.05, 3.63) is 71.2 Å². The maximum Gasteiger partial charge on any atom is 0.415 e. The van der Waals surface area contributed by atoms with E-state index in [0.29, 0.717) is 62.0 Å². The van der Waals surface area contributed by atoms with Crippen molar-refractivity contribution in [3.63, 3.8) is 0 Å². The summed E-state index contributed by atoms with van der Waals surface area (Å²) in [5.74, 6) is -3.64. The van der Waals surface area contributed by atoms with Gasteiger partial charge in [0.1, 0.15) is 11.4 Å². The van der Waals surface area contributed by atoms with Crippen molar-refractivity contribution >= 4 is 17.7 Å². The topological polar surface area (TPSA) is 76.9 Å². The molecule has 8 nitrogen and oxygen atoms in total. The Labute approximate surface area is 242 Å². The summed E-state index contributed by atoms with van der Waals surface area (Å²) in [5.41, 5.74) is 1.41. The molecule has 0 N–H and O–H groups in total. The maximum atomic E-state index is 14.9. The van der Waals surface area contributed by atoms with Crippen LogP contribution in [0.25, 0.3) is 11.3 Å². The number of carbonyl (C=O) groups excluding carboxylic acids is 2. The summed E-state index contributed by atoms with van der Waals surface area (Å²) in [5, 5.41) is 4.70. The fourth-order valence-electron chi connectivity index (χ4n) is 6.35. The summed E-state index contributed by atoms with van der Waals surface area (Å²) in [6.07, 6.45) is 7.99. The highest BCUT2D eigenvalue weighted by Crippen LogP contribution is 2.38. The van der Waals surface area contributed by atoms with Crippen molar-refractivity contribution in [1.29, 1.82) is 0 Å². The number of methoxy groups -OCH3 is 1. The van der Waals surface area contributed by atoms with Gasteiger partial charge in [0.05, 0.1) is 31.0 Å². The third-order valence-electron chi connectivity index (χ3n) is 8.75. The predicted octanol–water partition coefficient (Wildman–Crippen LogP) is 6.25. The summed E-state index contributed by atoms with van der Waals surface area (Å²) in [4.78, 5) is 28.4. The first kappa shape index (κ1) is 28.3. The number of ether oxygens (including phenoxy) is 2. The molecule has 222 valence electrons. The molecule has 2 aliphatic heterocycles. The fraction of sp³-hybridized carbons (Fsp3) is 0.452. The largest absolute Gasteiger partial charge is 0.465 e. The fourth-order valence-corrected chi connectivity index (χ4v) is 6.35. The number of benzene rings is 2. The van der Waals surface area contributed by atoms with Crippen LogP contribution in [0.15, 0.2) is 42.6 Å². The Morgan fingerprint density at radius 3 is 2.40 bits per heavy atom. The van der Waals surface area contributed by atoms with Crippen molar-refractivity contribution in [1.82, 2.24) is 14.7 Å². The maximum absolute atomic E-state index is 14.9. The minimum Gasteiger partial charge on any atom is -0.465 e. The number of rotatable bonds is 6. The average Bonchev–Trinajstić information content (AvgIpc) is 3.57. The lowest BCUT2D eigenvalue weighted by Gasteiger charge is -2.37. The van der Waals surface area contributed by atoms with E-state index in [1.54, 1.807) is 29.2 Å². The first-order chi connectivity index (χ1) is 20.2. The highest BCUT2D eigenvalue weighted by Gasteiger charge is 2.47. The monoisotopic (exact) mass is 582 g/mol. The Morgan fingerprint density at radius 2 is 1.71 bits per heavy atom. The van der Waals surface area contributed by atoms with E-state index in [1.165, 1.54) is 13.5 Å². The van der Waals surface area contributed by atoms with Gasteiger partial charge in [-0.1, -0.05) is 19.3 Å². The first-order valence-electron chi connectivity index (χ1n) is 14.4. The molecule has 0 unspecified atom stereocenters. The van der Waals surface area contributed by atoms with E-state index in [2.05, 4.69) is 4.90 Å². The molecule has 1 aliphatic carbocycles. The van der Waals surface area contributed by atoms with Crippen molar-refractivity contribution < 1.29 is 32.2 Å². The molecule has 3 fully saturated rings. The number of piperidine rings is 1. The van der Waals surface area contributed by atoms with E-state index in [0.717, 1.165) is 37.3 Å². The van der Waals surface area contributed by atoms with Crippen molar-refractivity contribution in [2.24, 2.45) is 0 Å². The van der Waals surface area contributed by atoms with Gasteiger partial charge in [0.25, 0.3) is 0 Å². The van der Waals surface area contributed by atoms with Gasteiger partial charge in [-0.3, -0.25) is 14.5 Å². The predicted molar refractivity (Wildman–Crippen MR) is 149 cm³/mol. The van der Waals surface area contributed by atoms with Crippen LogP contribution in [0.1, 0.15) is 66.9 Å². The van der Waals surface area contributed by atoms with Crippen LogP contribution in [0.4, 0.5) is 23.7 Å². The summed E-state index contributed by atoms with van der Waals surface area (Å²) in [7, 11) is 1.31. The number of nitrogens with zero attached hydrogens (tertiary/aromatic N) is 4. The summed E-state index contributed by atoms with van der Waals surface area (Å²) >= 11 is 0. The van der Waals surface area contributed by atoms with Gasteiger partial charge in [0, 0.05) is 61.6 Å². The molecular formula is C31H33F3N4O4. The first-order valence-corrected chi connectivity index (χ1v) is 14.4. The van der Waals surface area contributed by atoms with Crippen LogP contribution in [0.2, 0.25) is 0 Å². The molecule has 1 spiro atoms. The minimum absolute atomic E-state index is 0.0504. The van der Waals surface area contributed by atoms with E-state index in [4.69, 9.17) is 14.6 Å². The molecule has 1 aromatic heterocycles. The average molecular weight is 583 g/mol. The van der Waals surface area contributed by atoms with Crippen molar-refractivity contribution in [3.8, 4) is 11.3 Å². The molecule has 0 radical (unpaired) electrons. The van der Waals surface area contributed by atoms with Crippen LogP contribution in [0, 0.1) is 17.5 Å². The van der Waals surface area contributed by atoms with Crippen molar-refractivity contribution in [2.45, 2.75) is 63.1 Å².